The van der Waals surface area contributed by atoms with Gasteiger partial charge >= 0.3 is 0 Å². The van der Waals surface area contributed by atoms with Gasteiger partial charge in [-0.05, 0) is 45.7 Å². The van der Waals surface area contributed by atoms with Crippen molar-refractivity contribution in [3.05, 3.63) is 0 Å². The van der Waals surface area contributed by atoms with Crippen molar-refractivity contribution in [2.45, 2.75) is 89.3 Å². The van der Waals surface area contributed by atoms with Crippen LogP contribution in [-0.2, 0) is 0 Å². The Balaban J connectivity index is 1.97. The largest absolute Gasteiger partial charge is 0.315 e. The summed E-state index contributed by atoms with van der Waals surface area (Å²) < 4.78 is 0. The second-order valence-corrected chi connectivity index (χ2v) is 6.28. The van der Waals surface area contributed by atoms with Crippen molar-refractivity contribution < 1.29 is 0 Å². The summed E-state index contributed by atoms with van der Waals surface area (Å²) in [7, 11) is 2.17. The number of unbranched alkanes of at least 4 members (excludes halogenated alkanes) is 1. The maximum Gasteiger partial charge on any atom is 0.0252 e. The van der Waals surface area contributed by atoms with Crippen LogP contribution in [-0.4, -0.2) is 36.6 Å². The third-order valence-corrected chi connectivity index (χ3v) is 4.81. The van der Waals surface area contributed by atoms with E-state index in [-0.39, 0.29) is 0 Å². The van der Waals surface area contributed by atoms with Crippen LogP contribution in [0.3, 0.4) is 0 Å². The molecule has 0 bridgehead atoms. The van der Waals surface area contributed by atoms with E-state index in [1.54, 1.807) is 0 Å². The lowest BCUT2D eigenvalue weighted by atomic mass is 9.91. The van der Waals surface area contributed by atoms with Crippen LogP contribution in [0.5, 0.6) is 0 Å². The Hall–Kier alpha value is -0.0800. The molecule has 2 aliphatic carbocycles. The van der Waals surface area contributed by atoms with E-state index in [2.05, 4.69) is 24.2 Å². The van der Waals surface area contributed by atoms with Crippen molar-refractivity contribution in [1.29, 1.82) is 0 Å². The van der Waals surface area contributed by atoms with E-state index in [0.717, 1.165) is 18.1 Å². The molecule has 106 valence electrons. The first-order chi connectivity index (χ1) is 8.86. The Kier molecular flexibility index (Phi) is 5.97. The molecular weight excluding hydrogens is 220 g/mol. The van der Waals surface area contributed by atoms with Crippen LogP contribution in [0.1, 0.15) is 71.1 Å². The standard InChI is InChI=1S/C16H32N2/c1-3-4-13-18(14-11-12-14)16-10-8-6-5-7-9-15(16)17-2/h14-17H,3-13H2,1-2H3. The fourth-order valence-electron chi connectivity index (χ4n) is 3.56. The van der Waals surface area contributed by atoms with E-state index < -0.39 is 0 Å². The predicted molar refractivity (Wildman–Crippen MR) is 79.0 cm³/mol. The monoisotopic (exact) mass is 252 g/mol. The van der Waals surface area contributed by atoms with Gasteiger partial charge in [-0.1, -0.05) is 39.0 Å². The zero-order valence-corrected chi connectivity index (χ0v) is 12.5. The molecule has 0 heterocycles. The highest BCUT2D eigenvalue weighted by molar-refractivity contribution is 4.93. The number of nitrogens with one attached hydrogen (secondary N) is 1. The average molecular weight is 252 g/mol. The van der Waals surface area contributed by atoms with Gasteiger partial charge in [0.2, 0.25) is 0 Å². The summed E-state index contributed by atoms with van der Waals surface area (Å²) in [5.41, 5.74) is 0. The second kappa shape index (κ2) is 7.49. The van der Waals surface area contributed by atoms with Gasteiger partial charge in [0.25, 0.3) is 0 Å². The van der Waals surface area contributed by atoms with Gasteiger partial charge in [0, 0.05) is 18.1 Å². The second-order valence-electron chi connectivity index (χ2n) is 6.28. The Labute approximate surface area is 114 Å². The topological polar surface area (TPSA) is 15.3 Å². The molecule has 0 aromatic carbocycles. The Bertz CT molecular complexity index is 225. The third kappa shape index (κ3) is 3.96. The Morgan fingerprint density at radius 1 is 1.00 bits per heavy atom. The molecule has 0 amide bonds. The maximum absolute atomic E-state index is 3.62. The average Bonchev–Trinajstić information content (AvgIpc) is 3.16. The minimum atomic E-state index is 0.739. The maximum atomic E-state index is 3.62. The molecule has 2 rings (SSSR count). The van der Waals surface area contributed by atoms with Crippen molar-refractivity contribution in [2.24, 2.45) is 0 Å². The summed E-state index contributed by atoms with van der Waals surface area (Å²) in [4.78, 5) is 2.87. The van der Waals surface area contributed by atoms with Crippen molar-refractivity contribution in [3.8, 4) is 0 Å². The zero-order chi connectivity index (χ0) is 12.8. The number of hydrogen-bond donors (Lipinski definition) is 1. The zero-order valence-electron chi connectivity index (χ0n) is 12.5. The summed E-state index contributed by atoms with van der Waals surface area (Å²) in [5, 5.41) is 3.62. The molecule has 0 saturated heterocycles. The van der Waals surface area contributed by atoms with E-state index in [4.69, 9.17) is 0 Å². The molecule has 2 heteroatoms. The highest BCUT2D eigenvalue weighted by atomic mass is 15.2. The summed E-state index contributed by atoms with van der Waals surface area (Å²) in [6.45, 7) is 3.66. The lowest BCUT2D eigenvalue weighted by molar-refractivity contribution is 0.126. The molecule has 18 heavy (non-hydrogen) atoms. The molecule has 0 aromatic heterocycles. The third-order valence-electron chi connectivity index (χ3n) is 4.81. The molecule has 0 aliphatic heterocycles. The highest BCUT2D eigenvalue weighted by Crippen LogP contribution is 2.33. The summed E-state index contributed by atoms with van der Waals surface area (Å²) in [5.74, 6) is 0. The van der Waals surface area contributed by atoms with E-state index in [0.29, 0.717) is 0 Å². The van der Waals surface area contributed by atoms with E-state index in [1.807, 2.05) is 0 Å². The highest BCUT2D eigenvalue weighted by Gasteiger charge is 2.36. The van der Waals surface area contributed by atoms with Crippen LogP contribution in [0.25, 0.3) is 0 Å². The first-order valence-electron chi connectivity index (χ1n) is 8.29. The lowest BCUT2D eigenvalue weighted by Gasteiger charge is -2.38. The first kappa shape index (κ1) is 14.3. The van der Waals surface area contributed by atoms with Crippen molar-refractivity contribution >= 4 is 0 Å². The van der Waals surface area contributed by atoms with Gasteiger partial charge in [-0.15, -0.1) is 0 Å². The van der Waals surface area contributed by atoms with E-state index in [1.165, 1.54) is 70.8 Å². The van der Waals surface area contributed by atoms with Crippen molar-refractivity contribution in [3.63, 3.8) is 0 Å². The summed E-state index contributed by atoms with van der Waals surface area (Å²) in [6.07, 6.45) is 14.2. The van der Waals surface area contributed by atoms with Crippen molar-refractivity contribution in [2.75, 3.05) is 13.6 Å². The van der Waals surface area contributed by atoms with Crippen LogP contribution in [0.2, 0.25) is 0 Å². The molecular formula is C16H32N2. The summed E-state index contributed by atoms with van der Waals surface area (Å²) in [6, 6.07) is 2.48. The number of nitrogens with zero attached hydrogens (tertiary/aromatic N) is 1. The fourth-order valence-corrected chi connectivity index (χ4v) is 3.56. The minimum absolute atomic E-state index is 0.739. The van der Waals surface area contributed by atoms with E-state index >= 15 is 0 Å². The van der Waals surface area contributed by atoms with Gasteiger partial charge in [0.1, 0.15) is 0 Å². The Morgan fingerprint density at radius 3 is 2.33 bits per heavy atom. The Morgan fingerprint density at radius 2 is 1.72 bits per heavy atom. The van der Waals surface area contributed by atoms with E-state index in [9.17, 15) is 0 Å². The van der Waals surface area contributed by atoms with Crippen LogP contribution >= 0.6 is 0 Å². The normalized spacial score (nSPS) is 30.2. The minimum Gasteiger partial charge on any atom is -0.315 e. The molecule has 1 N–H and O–H groups in total. The quantitative estimate of drug-likeness (QED) is 0.777. The van der Waals surface area contributed by atoms with Gasteiger partial charge in [0.05, 0.1) is 0 Å². The fraction of sp³-hybridized carbons (Fsp3) is 1.00. The van der Waals surface area contributed by atoms with Gasteiger partial charge in [-0.3, -0.25) is 4.90 Å². The number of likely N-dealkylation sites (N-methyl/N-ethyl adjacent to an activating group) is 1. The van der Waals surface area contributed by atoms with Gasteiger partial charge < -0.3 is 5.32 Å². The molecule has 0 aromatic rings. The number of rotatable bonds is 6. The van der Waals surface area contributed by atoms with Gasteiger partial charge in [-0.25, -0.2) is 0 Å². The van der Waals surface area contributed by atoms with Crippen molar-refractivity contribution in [1.82, 2.24) is 10.2 Å². The first-order valence-corrected chi connectivity index (χ1v) is 8.29. The van der Waals surface area contributed by atoms with Gasteiger partial charge in [0.15, 0.2) is 0 Å². The molecule has 2 fully saturated rings. The molecule has 0 spiro atoms. The smallest absolute Gasteiger partial charge is 0.0252 e. The molecule has 2 saturated carbocycles. The predicted octanol–water partition coefficient (Wildman–Crippen LogP) is 3.56. The molecule has 2 atom stereocenters. The molecule has 2 nitrogen and oxygen atoms in total. The number of hydrogen-bond acceptors (Lipinski definition) is 2. The summed E-state index contributed by atoms with van der Waals surface area (Å²) >= 11 is 0. The van der Waals surface area contributed by atoms with Crippen LogP contribution < -0.4 is 5.32 Å². The molecule has 2 aliphatic rings. The van der Waals surface area contributed by atoms with Gasteiger partial charge in [-0.2, -0.15) is 0 Å². The van der Waals surface area contributed by atoms with Crippen LogP contribution in [0, 0.1) is 0 Å². The van der Waals surface area contributed by atoms with Crippen LogP contribution in [0.4, 0.5) is 0 Å². The molecule has 0 radical (unpaired) electrons. The SMILES string of the molecule is CCCCN(C1CC1)C1CCCCCCC1NC. The lowest BCUT2D eigenvalue weighted by Crippen LogP contribution is -2.50. The van der Waals surface area contributed by atoms with Crippen LogP contribution in [0.15, 0.2) is 0 Å². The molecule has 2 unspecified atom stereocenters.